The molecular formula is C17H15N5O. The van der Waals surface area contributed by atoms with Crippen molar-refractivity contribution in [2.45, 2.75) is 20.3 Å². The van der Waals surface area contributed by atoms with Crippen molar-refractivity contribution in [3.8, 4) is 22.8 Å². The highest BCUT2D eigenvalue weighted by atomic mass is 16.5. The van der Waals surface area contributed by atoms with Gasteiger partial charge < -0.3 is 4.52 Å². The maximum Gasteiger partial charge on any atom is 0.258 e. The number of rotatable bonds is 3. The van der Waals surface area contributed by atoms with Crippen molar-refractivity contribution >= 4 is 5.65 Å². The van der Waals surface area contributed by atoms with Crippen LogP contribution in [0.15, 0.2) is 47.1 Å². The zero-order valence-corrected chi connectivity index (χ0v) is 12.9. The summed E-state index contributed by atoms with van der Waals surface area (Å²) in [4.78, 5) is 4.53. The molecule has 0 N–H and O–H groups in total. The fraction of sp³-hybridized carbons (Fsp3) is 0.176. The van der Waals surface area contributed by atoms with Gasteiger partial charge in [-0.1, -0.05) is 30.3 Å². The number of aryl methyl sites for hydroxylation is 2. The Morgan fingerprint density at radius 1 is 1.09 bits per heavy atom. The first-order valence-electron chi connectivity index (χ1n) is 7.50. The minimum absolute atomic E-state index is 0.526. The highest BCUT2D eigenvalue weighted by molar-refractivity contribution is 5.63. The summed E-state index contributed by atoms with van der Waals surface area (Å²) in [5.41, 5.74) is 3.74. The highest BCUT2D eigenvalue weighted by Gasteiger charge is 2.13. The molecule has 0 bridgehead atoms. The van der Waals surface area contributed by atoms with Gasteiger partial charge >= 0.3 is 0 Å². The normalized spacial score (nSPS) is 11.2. The van der Waals surface area contributed by atoms with E-state index in [9.17, 15) is 0 Å². The predicted molar refractivity (Wildman–Crippen MR) is 85.8 cm³/mol. The van der Waals surface area contributed by atoms with Crippen LogP contribution in [0.3, 0.4) is 0 Å². The summed E-state index contributed by atoms with van der Waals surface area (Å²) in [6.45, 7) is 4.07. The minimum atomic E-state index is 0.526. The van der Waals surface area contributed by atoms with Crippen LogP contribution in [0, 0.1) is 6.92 Å². The Morgan fingerprint density at radius 2 is 1.96 bits per heavy atom. The third-order valence-electron chi connectivity index (χ3n) is 3.85. The summed E-state index contributed by atoms with van der Waals surface area (Å²) in [7, 11) is 0. The van der Waals surface area contributed by atoms with E-state index in [-0.39, 0.29) is 0 Å². The number of hydrogen-bond donors (Lipinski definition) is 0. The number of hydrogen-bond acceptors (Lipinski definition) is 5. The van der Waals surface area contributed by atoms with Crippen LogP contribution in [0.4, 0.5) is 0 Å². The molecule has 3 aromatic heterocycles. The molecule has 4 rings (SSSR count). The predicted octanol–water partition coefficient (Wildman–Crippen LogP) is 3.32. The van der Waals surface area contributed by atoms with Crippen molar-refractivity contribution in [2.24, 2.45) is 0 Å². The van der Waals surface area contributed by atoms with E-state index in [1.54, 1.807) is 0 Å². The van der Waals surface area contributed by atoms with Crippen LogP contribution in [0.25, 0.3) is 28.5 Å². The zero-order valence-electron chi connectivity index (χ0n) is 12.9. The Morgan fingerprint density at radius 3 is 2.78 bits per heavy atom. The van der Waals surface area contributed by atoms with Gasteiger partial charge in [0.1, 0.15) is 5.82 Å². The second-order valence-corrected chi connectivity index (χ2v) is 5.35. The fourth-order valence-corrected chi connectivity index (χ4v) is 2.57. The standard InChI is InChI=1S/C17H15N5O/c1-3-14-19-20-15-9-8-12(10-22(14)15)16-18-17(23-21-16)13-7-5-4-6-11(13)2/h4-10H,3H2,1-2H3. The Kier molecular flexibility index (Phi) is 3.15. The summed E-state index contributed by atoms with van der Waals surface area (Å²) >= 11 is 0. The summed E-state index contributed by atoms with van der Waals surface area (Å²) in [6.07, 6.45) is 2.76. The van der Waals surface area contributed by atoms with Gasteiger partial charge in [0, 0.05) is 23.7 Å². The van der Waals surface area contributed by atoms with Gasteiger partial charge in [0.05, 0.1) is 0 Å². The molecule has 0 radical (unpaired) electrons. The third-order valence-corrected chi connectivity index (χ3v) is 3.85. The maximum atomic E-state index is 5.43. The van der Waals surface area contributed by atoms with Crippen LogP contribution in [0.5, 0.6) is 0 Å². The number of fused-ring (bicyclic) bond motifs is 1. The van der Waals surface area contributed by atoms with Gasteiger partial charge in [-0.05, 0) is 30.7 Å². The van der Waals surface area contributed by atoms with Crippen molar-refractivity contribution in [1.29, 1.82) is 0 Å². The van der Waals surface area contributed by atoms with Gasteiger partial charge in [0.2, 0.25) is 5.82 Å². The lowest BCUT2D eigenvalue weighted by Gasteiger charge is -1.99. The van der Waals surface area contributed by atoms with E-state index in [2.05, 4.69) is 20.3 Å². The first kappa shape index (κ1) is 13.6. The van der Waals surface area contributed by atoms with E-state index >= 15 is 0 Å². The summed E-state index contributed by atoms with van der Waals surface area (Å²) in [5.74, 6) is 1.99. The van der Waals surface area contributed by atoms with Crippen molar-refractivity contribution in [3.63, 3.8) is 0 Å². The van der Waals surface area contributed by atoms with Crippen molar-refractivity contribution in [2.75, 3.05) is 0 Å². The van der Waals surface area contributed by atoms with E-state index in [1.165, 1.54) is 0 Å². The Labute approximate surface area is 132 Å². The van der Waals surface area contributed by atoms with E-state index in [0.29, 0.717) is 11.7 Å². The number of aromatic nitrogens is 5. The van der Waals surface area contributed by atoms with Crippen molar-refractivity contribution < 1.29 is 4.52 Å². The average Bonchev–Trinajstić information content (AvgIpc) is 3.21. The maximum absolute atomic E-state index is 5.43. The molecule has 4 aromatic rings. The van der Waals surface area contributed by atoms with Crippen LogP contribution in [-0.4, -0.2) is 24.7 Å². The molecule has 0 unspecified atom stereocenters. The van der Waals surface area contributed by atoms with Gasteiger partial charge in [-0.3, -0.25) is 4.40 Å². The third kappa shape index (κ3) is 2.28. The molecule has 0 saturated heterocycles. The number of benzene rings is 1. The van der Waals surface area contributed by atoms with Crippen LogP contribution in [-0.2, 0) is 6.42 Å². The Bertz CT molecular complexity index is 985. The van der Waals surface area contributed by atoms with Crippen LogP contribution < -0.4 is 0 Å². The van der Waals surface area contributed by atoms with Crippen LogP contribution in [0.2, 0.25) is 0 Å². The second kappa shape index (κ2) is 5.31. The quantitative estimate of drug-likeness (QED) is 0.581. The zero-order chi connectivity index (χ0) is 15.8. The van der Waals surface area contributed by atoms with Gasteiger partial charge in [-0.2, -0.15) is 4.98 Å². The Balaban J connectivity index is 1.78. The molecule has 0 atom stereocenters. The lowest BCUT2D eigenvalue weighted by molar-refractivity contribution is 0.432. The largest absolute Gasteiger partial charge is 0.334 e. The fourth-order valence-electron chi connectivity index (χ4n) is 2.57. The van der Waals surface area contributed by atoms with E-state index in [4.69, 9.17) is 4.52 Å². The molecule has 23 heavy (non-hydrogen) atoms. The van der Waals surface area contributed by atoms with Crippen molar-refractivity contribution in [3.05, 3.63) is 54.0 Å². The molecule has 3 heterocycles. The molecule has 0 amide bonds. The smallest absolute Gasteiger partial charge is 0.258 e. The molecule has 1 aromatic carbocycles. The minimum Gasteiger partial charge on any atom is -0.334 e. The first-order chi connectivity index (χ1) is 11.3. The van der Waals surface area contributed by atoms with Crippen molar-refractivity contribution in [1.82, 2.24) is 24.7 Å². The average molecular weight is 305 g/mol. The molecule has 0 aliphatic rings. The van der Waals surface area contributed by atoms with Gasteiger partial charge in [0.15, 0.2) is 5.65 Å². The number of pyridine rings is 1. The molecule has 0 saturated carbocycles. The summed E-state index contributed by atoms with van der Waals surface area (Å²) in [5, 5.41) is 12.4. The van der Waals surface area contributed by atoms with Gasteiger partial charge in [0.25, 0.3) is 5.89 Å². The summed E-state index contributed by atoms with van der Waals surface area (Å²) < 4.78 is 7.39. The second-order valence-electron chi connectivity index (χ2n) is 5.35. The van der Waals surface area contributed by atoms with E-state index in [1.807, 2.05) is 60.8 Å². The molecule has 0 fully saturated rings. The molecule has 0 aliphatic heterocycles. The SMILES string of the molecule is CCc1nnc2ccc(-c3noc(-c4ccccc4C)n3)cn12. The monoisotopic (exact) mass is 305 g/mol. The van der Waals surface area contributed by atoms with E-state index < -0.39 is 0 Å². The molecule has 6 heteroatoms. The molecule has 114 valence electrons. The lowest BCUT2D eigenvalue weighted by Crippen LogP contribution is -1.93. The van der Waals surface area contributed by atoms with Crippen LogP contribution >= 0.6 is 0 Å². The molecule has 0 aliphatic carbocycles. The van der Waals surface area contributed by atoms with Gasteiger partial charge in [-0.25, -0.2) is 0 Å². The highest BCUT2D eigenvalue weighted by Crippen LogP contribution is 2.24. The van der Waals surface area contributed by atoms with Gasteiger partial charge in [-0.15, -0.1) is 10.2 Å². The number of nitrogens with zero attached hydrogens (tertiary/aromatic N) is 5. The van der Waals surface area contributed by atoms with E-state index in [0.717, 1.165) is 34.6 Å². The lowest BCUT2D eigenvalue weighted by atomic mass is 10.1. The first-order valence-corrected chi connectivity index (χ1v) is 7.50. The van der Waals surface area contributed by atoms with Crippen LogP contribution in [0.1, 0.15) is 18.3 Å². The molecule has 0 spiro atoms. The summed E-state index contributed by atoms with van der Waals surface area (Å²) in [6, 6.07) is 11.8. The molecule has 6 nitrogen and oxygen atoms in total. The molecular weight excluding hydrogens is 290 g/mol. The topological polar surface area (TPSA) is 69.1 Å². The Hall–Kier alpha value is -3.02.